The Morgan fingerprint density at radius 1 is 1.09 bits per heavy atom. The lowest BCUT2D eigenvalue weighted by Gasteiger charge is -2.13. The lowest BCUT2D eigenvalue weighted by atomic mass is 10.0. The highest BCUT2D eigenvalue weighted by molar-refractivity contribution is 6.30. The Balaban J connectivity index is 1.92. The van der Waals surface area contributed by atoms with E-state index in [1.165, 1.54) is 12.1 Å². The van der Waals surface area contributed by atoms with E-state index >= 15 is 0 Å². The summed E-state index contributed by atoms with van der Waals surface area (Å²) in [6, 6.07) is 19.1. The molecule has 0 amide bonds. The number of carboxylic acids is 1. The van der Waals surface area contributed by atoms with Gasteiger partial charge in [-0.2, -0.15) is 5.10 Å². The molecule has 1 heterocycles. The molecule has 0 radical (unpaired) electrons. The van der Waals surface area contributed by atoms with Gasteiger partial charge in [0, 0.05) is 16.1 Å². The van der Waals surface area contributed by atoms with Crippen molar-refractivity contribution in [2.45, 2.75) is 13.8 Å². The second-order valence-electron chi connectivity index (χ2n) is 7.45. The van der Waals surface area contributed by atoms with Crippen LogP contribution < -0.4 is 4.74 Å². The second kappa shape index (κ2) is 8.85. The van der Waals surface area contributed by atoms with Crippen molar-refractivity contribution in [1.82, 2.24) is 9.78 Å². The van der Waals surface area contributed by atoms with E-state index in [0.717, 1.165) is 28.1 Å². The third-order valence-electron chi connectivity index (χ3n) is 4.94. The van der Waals surface area contributed by atoms with Gasteiger partial charge in [-0.3, -0.25) is 0 Å². The predicted octanol–water partition coefficient (Wildman–Crippen LogP) is 6.08. The maximum atomic E-state index is 13.5. The number of aryl methyl sites for hydroxylation is 2. The Morgan fingerprint density at radius 2 is 1.84 bits per heavy atom. The first kappa shape index (κ1) is 21.6. The van der Waals surface area contributed by atoms with Gasteiger partial charge in [0.25, 0.3) is 0 Å². The molecule has 0 aliphatic carbocycles. The summed E-state index contributed by atoms with van der Waals surface area (Å²) in [5.74, 6) is -0.937. The van der Waals surface area contributed by atoms with Crippen LogP contribution >= 0.6 is 11.6 Å². The monoisotopic (exact) mass is 450 g/mol. The van der Waals surface area contributed by atoms with Crippen molar-refractivity contribution in [3.8, 4) is 34.0 Å². The number of halogens is 2. The first-order chi connectivity index (χ1) is 15.3. The van der Waals surface area contributed by atoms with Crippen molar-refractivity contribution in [3.05, 3.63) is 88.7 Å². The van der Waals surface area contributed by atoms with Gasteiger partial charge in [0.15, 0.2) is 6.61 Å². The summed E-state index contributed by atoms with van der Waals surface area (Å²) in [5.41, 5.74) is 5.29. The number of hydrogen-bond donors (Lipinski definition) is 1. The number of ether oxygens (including phenoxy) is 1. The number of nitrogens with zero attached hydrogens (tertiary/aromatic N) is 2. The van der Waals surface area contributed by atoms with Gasteiger partial charge >= 0.3 is 5.97 Å². The Labute approximate surface area is 189 Å². The van der Waals surface area contributed by atoms with Crippen LogP contribution in [0.3, 0.4) is 0 Å². The molecule has 5 nitrogen and oxygen atoms in total. The average Bonchev–Trinajstić information content (AvgIpc) is 3.18. The van der Waals surface area contributed by atoms with Crippen LogP contribution in [0.4, 0.5) is 4.39 Å². The molecule has 0 aliphatic rings. The van der Waals surface area contributed by atoms with Crippen LogP contribution in [-0.4, -0.2) is 27.5 Å². The fourth-order valence-electron chi connectivity index (χ4n) is 3.61. The Kier molecular flexibility index (Phi) is 5.97. The zero-order chi connectivity index (χ0) is 22.8. The number of aromatic nitrogens is 2. The summed E-state index contributed by atoms with van der Waals surface area (Å²) in [7, 11) is 0. The van der Waals surface area contributed by atoms with E-state index in [-0.39, 0.29) is 5.82 Å². The number of carbonyl (C=O) groups is 1. The van der Waals surface area contributed by atoms with Crippen molar-refractivity contribution in [2.75, 3.05) is 6.61 Å². The molecule has 4 aromatic rings. The van der Waals surface area contributed by atoms with Crippen LogP contribution in [0.5, 0.6) is 5.75 Å². The van der Waals surface area contributed by atoms with E-state index in [1.807, 2.05) is 44.2 Å². The predicted molar refractivity (Wildman–Crippen MR) is 122 cm³/mol. The number of hydrogen-bond acceptors (Lipinski definition) is 3. The molecule has 1 aromatic heterocycles. The highest BCUT2D eigenvalue weighted by atomic mass is 35.5. The molecule has 0 saturated heterocycles. The number of aliphatic carboxylic acids is 1. The summed E-state index contributed by atoms with van der Waals surface area (Å²) >= 11 is 6.21. The third kappa shape index (κ3) is 4.50. The average molecular weight is 451 g/mol. The van der Waals surface area contributed by atoms with Gasteiger partial charge in [-0.15, -0.1) is 0 Å². The van der Waals surface area contributed by atoms with Crippen molar-refractivity contribution < 1.29 is 19.0 Å². The van der Waals surface area contributed by atoms with Crippen molar-refractivity contribution in [3.63, 3.8) is 0 Å². The third-order valence-corrected chi connectivity index (χ3v) is 5.17. The fourth-order valence-corrected chi connectivity index (χ4v) is 3.80. The normalized spacial score (nSPS) is 10.9. The summed E-state index contributed by atoms with van der Waals surface area (Å²) in [6.45, 7) is 3.35. The lowest BCUT2D eigenvalue weighted by molar-refractivity contribution is -0.139. The Hall–Kier alpha value is -3.64. The van der Waals surface area contributed by atoms with Gasteiger partial charge in [0.2, 0.25) is 0 Å². The second-order valence-corrected chi connectivity index (χ2v) is 7.89. The van der Waals surface area contributed by atoms with E-state index in [1.54, 1.807) is 28.9 Å². The highest BCUT2D eigenvalue weighted by Gasteiger charge is 2.19. The summed E-state index contributed by atoms with van der Waals surface area (Å²) in [6.07, 6.45) is 0. The van der Waals surface area contributed by atoms with Crippen molar-refractivity contribution >= 4 is 17.6 Å². The van der Waals surface area contributed by atoms with Crippen LogP contribution in [0, 0.1) is 19.7 Å². The van der Waals surface area contributed by atoms with Crippen molar-refractivity contribution in [2.24, 2.45) is 0 Å². The van der Waals surface area contributed by atoms with Gasteiger partial charge in [0.1, 0.15) is 11.6 Å². The molecule has 0 fully saturated rings. The number of rotatable bonds is 6. The molecular weight excluding hydrogens is 431 g/mol. The Bertz CT molecular complexity index is 1300. The minimum atomic E-state index is -1.06. The molecule has 0 atom stereocenters. The van der Waals surface area contributed by atoms with Crippen LogP contribution in [0.15, 0.2) is 66.7 Å². The molecule has 0 bridgehead atoms. The maximum Gasteiger partial charge on any atom is 0.341 e. The topological polar surface area (TPSA) is 64.3 Å². The molecular formula is C25H20ClFN2O3. The van der Waals surface area contributed by atoms with Crippen LogP contribution in [0.2, 0.25) is 5.02 Å². The summed E-state index contributed by atoms with van der Waals surface area (Å²) < 4.78 is 20.9. The largest absolute Gasteiger partial charge is 0.481 e. The lowest BCUT2D eigenvalue weighted by Crippen LogP contribution is -2.11. The molecule has 162 valence electrons. The van der Waals surface area contributed by atoms with Crippen molar-refractivity contribution in [1.29, 1.82) is 0 Å². The minimum Gasteiger partial charge on any atom is -0.481 e. The first-order valence-electron chi connectivity index (χ1n) is 9.90. The molecule has 0 unspecified atom stereocenters. The van der Waals surface area contributed by atoms with Crippen LogP contribution in [0.1, 0.15) is 11.1 Å². The first-order valence-corrected chi connectivity index (χ1v) is 10.3. The highest BCUT2D eigenvalue weighted by Crippen LogP contribution is 2.37. The molecule has 7 heteroatoms. The Morgan fingerprint density at radius 3 is 2.53 bits per heavy atom. The molecule has 1 N–H and O–H groups in total. The molecule has 3 aromatic carbocycles. The van der Waals surface area contributed by atoms with Gasteiger partial charge in [-0.05, 0) is 79.6 Å². The van der Waals surface area contributed by atoms with E-state index < -0.39 is 12.6 Å². The van der Waals surface area contributed by atoms with E-state index in [4.69, 9.17) is 26.5 Å². The van der Waals surface area contributed by atoms with E-state index in [2.05, 4.69) is 0 Å². The maximum absolute atomic E-state index is 13.5. The van der Waals surface area contributed by atoms with Gasteiger partial charge in [-0.25, -0.2) is 13.9 Å². The van der Waals surface area contributed by atoms with E-state index in [9.17, 15) is 9.18 Å². The van der Waals surface area contributed by atoms with Gasteiger partial charge in [-0.1, -0.05) is 23.7 Å². The standard InChI is InChI=1S/C25H20ClFN2O3/c1-15-10-16(2)25(32-14-24(30)31)21(11-15)22-13-23(17-6-8-19(27)9-7-17)29(28-22)20-5-3-4-18(26)12-20/h3-13H,14H2,1-2H3,(H,30,31). The molecule has 32 heavy (non-hydrogen) atoms. The molecule has 0 saturated carbocycles. The summed E-state index contributed by atoms with van der Waals surface area (Å²) in [5, 5.41) is 14.4. The van der Waals surface area contributed by atoms with Crippen LogP contribution in [0.25, 0.3) is 28.2 Å². The van der Waals surface area contributed by atoms with Gasteiger partial charge in [0.05, 0.1) is 17.1 Å². The molecule has 0 spiro atoms. The fraction of sp³-hybridized carbons (Fsp3) is 0.120. The smallest absolute Gasteiger partial charge is 0.341 e. The quantitative estimate of drug-likeness (QED) is 0.386. The molecule has 0 aliphatic heterocycles. The summed E-state index contributed by atoms with van der Waals surface area (Å²) in [4.78, 5) is 11.1. The minimum absolute atomic E-state index is 0.332. The zero-order valence-corrected chi connectivity index (χ0v) is 18.2. The molecule has 4 rings (SSSR count). The SMILES string of the molecule is Cc1cc(C)c(OCC(=O)O)c(-c2cc(-c3ccc(F)cc3)n(-c3cccc(Cl)c3)n2)c1. The van der Waals surface area contributed by atoms with E-state index in [0.29, 0.717) is 22.0 Å². The zero-order valence-electron chi connectivity index (χ0n) is 17.5. The van der Waals surface area contributed by atoms with Crippen LogP contribution in [-0.2, 0) is 4.79 Å². The number of carboxylic acid groups (broad SMARTS) is 1. The van der Waals surface area contributed by atoms with Gasteiger partial charge < -0.3 is 9.84 Å². The number of benzene rings is 3.